The number of allylic oxidation sites excluding steroid dienone is 1. The minimum absolute atomic E-state index is 0.170. The van der Waals surface area contributed by atoms with Crippen molar-refractivity contribution in [2.24, 2.45) is 15.7 Å². The van der Waals surface area contributed by atoms with Crippen molar-refractivity contribution in [1.82, 2.24) is 4.90 Å². The third kappa shape index (κ3) is 2.52. The van der Waals surface area contributed by atoms with Gasteiger partial charge in [-0.25, -0.2) is 9.89 Å². The molecule has 4 rings (SSSR count). The number of nitriles is 1. The number of guanidine groups is 1. The van der Waals surface area contributed by atoms with E-state index in [-0.39, 0.29) is 5.96 Å². The van der Waals surface area contributed by atoms with Crippen molar-refractivity contribution in [3.05, 3.63) is 47.4 Å². The molecule has 3 aliphatic rings. The van der Waals surface area contributed by atoms with Crippen LogP contribution in [0.4, 0.5) is 5.69 Å². The van der Waals surface area contributed by atoms with E-state index in [1.165, 1.54) is 4.90 Å². The molecule has 0 bridgehead atoms. The smallest absolute Gasteiger partial charge is 0.210 e. The van der Waals surface area contributed by atoms with Crippen LogP contribution in [-0.4, -0.2) is 36.3 Å². The lowest BCUT2D eigenvalue weighted by Gasteiger charge is -2.30. The molecule has 0 saturated carbocycles. The molecule has 0 spiro atoms. The standard InChI is InChI=1S/C18H17N5O2/c1-24-13-6-2-5-12(9-13)21-14-8-11-4-3-7-25-17(11)15-16(14)23(10-19)18(20)22-15/h2,4-6,9,16H,3,7-8H2,1H3,(H2,20,22). The highest BCUT2D eigenvalue weighted by Gasteiger charge is 2.42. The molecule has 2 aliphatic heterocycles. The van der Waals surface area contributed by atoms with Crippen LogP contribution >= 0.6 is 0 Å². The molecule has 0 fully saturated rings. The molecule has 1 aliphatic carbocycles. The number of aliphatic imine (C=N–C) groups is 2. The number of hydrogen-bond donors (Lipinski definition) is 1. The van der Waals surface area contributed by atoms with E-state index in [2.05, 4.69) is 17.3 Å². The van der Waals surface area contributed by atoms with Crippen molar-refractivity contribution in [2.45, 2.75) is 18.9 Å². The predicted octanol–water partition coefficient (Wildman–Crippen LogP) is 2.21. The van der Waals surface area contributed by atoms with E-state index >= 15 is 0 Å². The predicted molar refractivity (Wildman–Crippen MR) is 93.2 cm³/mol. The maximum absolute atomic E-state index is 9.50. The fraction of sp³-hybridized carbons (Fsp3) is 0.278. The van der Waals surface area contributed by atoms with Gasteiger partial charge in [-0.05, 0) is 17.7 Å². The summed E-state index contributed by atoms with van der Waals surface area (Å²) in [6.45, 7) is 0.611. The van der Waals surface area contributed by atoms with Gasteiger partial charge in [-0.3, -0.25) is 4.99 Å². The van der Waals surface area contributed by atoms with Gasteiger partial charge in [0.2, 0.25) is 5.96 Å². The largest absolute Gasteiger partial charge is 0.497 e. The molecule has 7 heteroatoms. The number of nitrogens with zero attached hydrogens (tertiary/aromatic N) is 4. The summed E-state index contributed by atoms with van der Waals surface area (Å²) in [5, 5.41) is 9.50. The van der Waals surface area contributed by atoms with Crippen LogP contribution in [0.1, 0.15) is 12.8 Å². The summed E-state index contributed by atoms with van der Waals surface area (Å²) in [7, 11) is 1.62. The third-order valence-corrected chi connectivity index (χ3v) is 4.40. The van der Waals surface area contributed by atoms with E-state index in [1.807, 2.05) is 24.3 Å². The lowest BCUT2D eigenvalue weighted by atomic mass is 9.89. The van der Waals surface area contributed by atoms with Gasteiger partial charge in [0.25, 0.3) is 0 Å². The summed E-state index contributed by atoms with van der Waals surface area (Å²) < 4.78 is 11.1. The Bertz CT molecular complexity index is 891. The second-order valence-electron chi connectivity index (χ2n) is 5.90. The first-order valence-electron chi connectivity index (χ1n) is 8.02. The minimum atomic E-state index is -0.415. The molecule has 2 N–H and O–H groups in total. The quantitative estimate of drug-likeness (QED) is 0.836. The summed E-state index contributed by atoms with van der Waals surface area (Å²) in [6.07, 6.45) is 5.70. The van der Waals surface area contributed by atoms with Gasteiger partial charge < -0.3 is 15.2 Å². The highest BCUT2D eigenvalue weighted by atomic mass is 16.5. The Morgan fingerprint density at radius 2 is 2.36 bits per heavy atom. The van der Waals surface area contributed by atoms with E-state index in [0.717, 1.165) is 34.9 Å². The number of nitrogens with two attached hydrogens (primary N) is 1. The van der Waals surface area contributed by atoms with Crippen LogP contribution in [0, 0.1) is 11.5 Å². The Labute approximate surface area is 145 Å². The molecule has 1 atom stereocenters. The highest BCUT2D eigenvalue weighted by Crippen LogP contribution is 2.38. The van der Waals surface area contributed by atoms with E-state index in [9.17, 15) is 5.26 Å². The zero-order chi connectivity index (χ0) is 17.4. The van der Waals surface area contributed by atoms with Crippen molar-refractivity contribution < 1.29 is 9.47 Å². The molecule has 0 amide bonds. The van der Waals surface area contributed by atoms with Gasteiger partial charge in [-0.15, -0.1) is 0 Å². The van der Waals surface area contributed by atoms with Crippen molar-refractivity contribution >= 4 is 17.4 Å². The van der Waals surface area contributed by atoms with Gasteiger partial charge in [0.1, 0.15) is 23.2 Å². The summed E-state index contributed by atoms with van der Waals surface area (Å²) >= 11 is 0. The fourth-order valence-electron chi connectivity index (χ4n) is 3.29. The number of hydrogen-bond acceptors (Lipinski definition) is 7. The molecular weight excluding hydrogens is 318 g/mol. The topological polar surface area (TPSA) is 96.2 Å². The van der Waals surface area contributed by atoms with E-state index in [4.69, 9.17) is 20.2 Å². The van der Waals surface area contributed by atoms with Gasteiger partial charge in [0.05, 0.1) is 25.1 Å². The average Bonchev–Trinajstić information content (AvgIpc) is 2.98. The summed E-state index contributed by atoms with van der Waals surface area (Å²) in [5.74, 6) is 1.64. The molecule has 1 aromatic rings. The highest BCUT2D eigenvalue weighted by molar-refractivity contribution is 6.04. The van der Waals surface area contributed by atoms with Gasteiger partial charge in [-0.2, -0.15) is 5.26 Å². The van der Waals surface area contributed by atoms with Gasteiger partial charge in [0, 0.05) is 18.9 Å². The number of benzene rings is 1. The lowest BCUT2D eigenvalue weighted by Crippen LogP contribution is -2.43. The molecule has 0 aromatic heterocycles. The van der Waals surface area contributed by atoms with Crippen molar-refractivity contribution in [3.63, 3.8) is 0 Å². The molecule has 2 heterocycles. The Morgan fingerprint density at radius 3 is 3.16 bits per heavy atom. The molecule has 25 heavy (non-hydrogen) atoms. The van der Waals surface area contributed by atoms with Gasteiger partial charge >= 0.3 is 0 Å². The lowest BCUT2D eigenvalue weighted by molar-refractivity contribution is 0.207. The van der Waals surface area contributed by atoms with E-state index in [0.29, 0.717) is 18.7 Å². The average molecular weight is 335 g/mol. The number of methoxy groups -OCH3 is 1. The second-order valence-corrected chi connectivity index (χ2v) is 5.90. The fourth-order valence-corrected chi connectivity index (χ4v) is 3.29. The van der Waals surface area contributed by atoms with Crippen molar-refractivity contribution in [1.29, 1.82) is 5.26 Å². The van der Waals surface area contributed by atoms with Crippen LogP contribution in [0.15, 0.2) is 57.4 Å². The van der Waals surface area contributed by atoms with Crippen molar-refractivity contribution in [2.75, 3.05) is 13.7 Å². The van der Waals surface area contributed by atoms with Crippen LogP contribution in [-0.2, 0) is 4.74 Å². The molecule has 7 nitrogen and oxygen atoms in total. The SMILES string of the molecule is COc1cccc(N=C2CC3=CCCOC3=C3N=C(N)N(C#N)C23)c1. The van der Waals surface area contributed by atoms with E-state index < -0.39 is 6.04 Å². The first-order chi connectivity index (χ1) is 12.2. The molecular formula is C18H17N5O2. The molecule has 1 unspecified atom stereocenters. The Kier molecular flexibility index (Phi) is 3.65. The Hall–Kier alpha value is -3.27. The van der Waals surface area contributed by atoms with Gasteiger partial charge in [0.15, 0.2) is 6.19 Å². The molecule has 126 valence electrons. The summed E-state index contributed by atoms with van der Waals surface area (Å²) in [5.41, 5.74) is 9.23. The maximum Gasteiger partial charge on any atom is 0.210 e. The zero-order valence-electron chi connectivity index (χ0n) is 13.8. The van der Waals surface area contributed by atoms with Crippen LogP contribution in [0.25, 0.3) is 0 Å². The molecule has 0 saturated heterocycles. The number of rotatable bonds is 2. The van der Waals surface area contributed by atoms with Crippen LogP contribution in [0.3, 0.4) is 0 Å². The van der Waals surface area contributed by atoms with Crippen LogP contribution in [0.5, 0.6) is 5.75 Å². The second kappa shape index (κ2) is 5.98. The van der Waals surface area contributed by atoms with Crippen LogP contribution < -0.4 is 10.5 Å². The molecule has 0 radical (unpaired) electrons. The number of fused-ring (bicyclic) bond motifs is 2. The van der Waals surface area contributed by atoms with E-state index in [1.54, 1.807) is 7.11 Å². The minimum Gasteiger partial charge on any atom is -0.497 e. The normalized spacial score (nSPS) is 23.3. The van der Waals surface area contributed by atoms with Gasteiger partial charge in [-0.1, -0.05) is 12.1 Å². The monoisotopic (exact) mass is 335 g/mol. The maximum atomic E-state index is 9.50. The number of ether oxygens (including phenoxy) is 2. The zero-order valence-corrected chi connectivity index (χ0v) is 13.8. The van der Waals surface area contributed by atoms with Crippen LogP contribution in [0.2, 0.25) is 0 Å². The summed E-state index contributed by atoms with van der Waals surface area (Å²) in [6, 6.07) is 7.09. The first-order valence-corrected chi connectivity index (χ1v) is 8.02. The summed E-state index contributed by atoms with van der Waals surface area (Å²) in [4.78, 5) is 10.5. The Balaban J connectivity index is 1.82. The Morgan fingerprint density at radius 1 is 1.48 bits per heavy atom. The third-order valence-electron chi connectivity index (χ3n) is 4.40. The molecule has 1 aromatic carbocycles. The first kappa shape index (κ1) is 15.3. The van der Waals surface area contributed by atoms with Crippen molar-refractivity contribution in [3.8, 4) is 11.9 Å².